The van der Waals surface area contributed by atoms with E-state index < -0.39 is 0 Å². The van der Waals surface area contributed by atoms with Crippen molar-refractivity contribution >= 4 is 21.9 Å². The van der Waals surface area contributed by atoms with Gasteiger partial charge >= 0.3 is 5.97 Å². The number of hydrogen-bond acceptors (Lipinski definition) is 3. The number of pyridine rings is 1. The van der Waals surface area contributed by atoms with Gasteiger partial charge in [-0.2, -0.15) is 0 Å². The fourth-order valence-corrected chi connectivity index (χ4v) is 2.00. The zero-order chi connectivity index (χ0) is 12.3. The van der Waals surface area contributed by atoms with E-state index in [0.717, 1.165) is 15.7 Å². The summed E-state index contributed by atoms with van der Waals surface area (Å²) in [7, 11) is 1.36. The number of benzene rings is 1. The van der Waals surface area contributed by atoms with E-state index in [0.29, 0.717) is 5.56 Å². The Hall–Kier alpha value is -1.68. The first-order valence-corrected chi connectivity index (χ1v) is 5.80. The number of aromatic nitrogens is 1. The zero-order valence-corrected chi connectivity index (χ0v) is 10.8. The van der Waals surface area contributed by atoms with Gasteiger partial charge in [0.25, 0.3) is 0 Å². The SMILES string of the molecule is COC(=O)c1cc(Br)cc(-c2ccccn2)c1. The molecule has 0 bridgehead atoms. The quantitative estimate of drug-likeness (QED) is 0.797. The van der Waals surface area contributed by atoms with E-state index in [1.807, 2.05) is 24.3 Å². The van der Waals surface area contributed by atoms with E-state index in [-0.39, 0.29) is 5.97 Å². The molecule has 3 nitrogen and oxygen atoms in total. The third-order valence-corrected chi connectivity index (χ3v) is 2.74. The minimum atomic E-state index is -0.358. The molecule has 0 aliphatic heterocycles. The Labute approximate surface area is 108 Å². The van der Waals surface area contributed by atoms with Crippen molar-refractivity contribution in [3.8, 4) is 11.3 Å². The average Bonchev–Trinajstić information content (AvgIpc) is 2.38. The Morgan fingerprint density at radius 3 is 2.76 bits per heavy atom. The lowest BCUT2D eigenvalue weighted by molar-refractivity contribution is 0.0600. The monoisotopic (exact) mass is 291 g/mol. The molecule has 2 aromatic rings. The second-order valence-corrected chi connectivity index (χ2v) is 4.35. The van der Waals surface area contributed by atoms with Gasteiger partial charge in [0.2, 0.25) is 0 Å². The predicted octanol–water partition coefficient (Wildman–Crippen LogP) is 3.30. The van der Waals surface area contributed by atoms with Crippen molar-refractivity contribution in [2.45, 2.75) is 0 Å². The van der Waals surface area contributed by atoms with Crippen LogP contribution in [0.3, 0.4) is 0 Å². The zero-order valence-electron chi connectivity index (χ0n) is 9.18. The highest BCUT2D eigenvalue weighted by Gasteiger charge is 2.09. The lowest BCUT2D eigenvalue weighted by atomic mass is 10.1. The maximum absolute atomic E-state index is 11.5. The lowest BCUT2D eigenvalue weighted by Crippen LogP contribution is -2.01. The van der Waals surface area contributed by atoms with E-state index in [1.54, 1.807) is 18.3 Å². The number of esters is 1. The highest BCUT2D eigenvalue weighted by atomic mass is 79.9. The van der Waals surface area contributed by atoms with E-state index >= 15 is 0 Å². The smallest absolute Gasteiger partial charge is 0.337 e. The molecular weight excluding hydrogens is 282 g/mol. The van der Waals surface area contributed by atoms with Gasteiger partial charge < -0.3 is 4.74 Å². The summed E-state index contributed by atoms with van der Waals surface area (Å²) in [5.41, 5.74) is 2.20. The minimum Gasteiger partial charge on any atom is -0.465 e. The van der Waals surface area contributed by atoms with E-state index in [9.17, 15) is 4.79 Å². The molecule has 0 saturated carbocycles. The number of ether oxygens (including phenoxy) is 1. The highest BCUT2D eigenvalue weighted by molar-refractivity contribution is 9.10. The van der Waals surface area contributed by atoms with Gasteiger partial charge in [0.1, 0.15) is 0 Å². The molecule has 0 atom stereocenters. The van der Waals surface area contributed by atoms with E-state index in [1.165, 1.54) is 7.11 Å². The number of carbonyl (C=O) groups excluding carboxylic acids is 1. The Morgan fingerprint density at radius 2 is 2.12 bits per heavy atom. The number of carbonyl (C=O) groups is 1. The van der Waals surface area contributed by atoms with Gasteiger partial charge in [-0.05, 0) is 30.3 Å². The first-order valence-electron chi connectivity index (χ1n) is 5.01. The van der Waals surface area contributed by atoms with E-state index in [2.05, 4.69) is 20.9 Å². The van der Waals surface area contributed by atoms with Crippen LogP contribution in [0.4, 0.5) is 0 Å². The van der Waals surface area contributed by atoms with Gasteiger partial charge in [0.05, 0.1) is 18.4 Å². The Bertz CT molecular complexity index is 540. The molecule has 0 aliphatic rings. The van der Waals surface area contributed by atoms with Crippen molar-refractivity contribution in [3.63, 3.8) is 0 Å². The average molecular weight is 292 g/mol. The summed E-state index contributed by atoms with van der Waals surface area (Å²) in [4.78, 5) is 15.7. The molecule has 0 amide bonds. The van der Waals surface area contributed by atoms with Crippen LogP contribution in [-0.2, 0) is 4.74 Å². The molecule has 0 N–H and O–H groups in total. The first kappa shape index (κ1) is 11.8. The van der Waals surface area contributed by atoms with Crippen LogP contribution < -0.4 is 0 Å². The molecule has 0 unspecified atom stereocenters. The maximum atomic E-state index is 11.5. The van der Waals surface area contributed by atoms with Crippen molar-refractivity contribution in [2.75, 3.05) is 7.11 Å². The van der Waals surface area contributed by atoms with Crippen LogP contribution in [0, 0.1) is 0 Å². The minimum absolute atomic E-state index is 0.358. The summed E-state index contributed by atoms with van der Waals surface area (Å²) >= 11 is 3.37. The molecule has 17 heavy (non-hydrogen) atoms. The Kier molecular flexibility index (Phi) is 3.54. The van der Waals surface area contributed by atoms with Gasteiger partial charge in [-0.1, -0.05) is 22.0 Å². The molecule has 0 aliphatic carbocycles. The van der Waals surface area contributed by atoms with Crippen molar-refractivity contribution in [1.29, 1.82) is 0 Å². The summed E-state index contributed by atoms with van der Waals surface area (Å²) in [6, 6.07) is 11.0. The molecule has 1 heterocycles. The van der Waals surface area contributed by atoms with Crippen LogP contribution in [0.15, 0.2) is 47.1 Å². The summed E-state index contributed by atoms with van der Waals surface area (Å²) in [5, 5.41) is 0. The normalized spacial score (nSPS) is 10.0. The summed E-state index contributed by atoms with van der Waals surface area (Å²) in [6.45, 7) is 0. The largest absolute Gasteiger partial charge is 0.465 e. The van der Waals surface area contributed by atoms with E-state index in [4.69, 9.17) is 4.74 Å². The van der Waals surface area contributed by atoms with Crippen LogP contribution in [0.25, 0.3) is 11.3 Å². The number of hydrogen-bond donors (Lipinski definition) is 0. The first-order chi connectivity index (χ1) is 8.20. The fraction of sp³-hybridized carbons (Fsp3) is 0.0769. The van der Waals surface area contributed by atoms with Gasteiger partial charge in [0, 0.05) is 16.2 Å². The van der Waals surface area contributed by atoms with Crippen molar-refractivity contribution in [1.82, 2.24) is 4.98 Å². The number of nitrogens with zero attached hydrogens (tertiary/aromatic N) is 1. The molecule has 4 heteroatoms. The topological polar surface area (TPSA) is 39.2 Å². The summed E-state index contributed by atoms with van der Waals surface area (Å²) in [6.07, 6.45) is 1.72. The number of halogens is 1. The third-order valence-electron chi connectivity index (χ3n) is 2.28. The summed E-state index contributed by atoms with van der Waals surface area (Å²) in [5.74, 6) is -0.358. The molecule has 86 valence electrons. The van der Waals surface area contributed by atoms with Gasteiger partial charge in [-0.15, -0.1) is 0 Å². The second-order valence-electron chi connectivity index (χ2n) is 3.44. The number of rotatable bonds is 2. The molecular formula is C13H10BrNO2. The van der Waals surface area contributed by atoms with Crippen LogP contribution in [0.5, 0.6) is 0 Å². The van der Waals surface area contributed by atoms with Gasteiger partial charge in [0.15, 0.2) is 0 Å². The lowest BCUT2D eigenvalue weighted by Gasteiger charge is -2.05. The van der Waals surface area contributed by atoms with Crippen LogP contribution in [-0.4, -0.2) is 18.1 Å². The van der Waals surface area contributed by atoms with Crippen LogP contribution in [0.2, 0.25) is 0 Å². The van der Waals surface area contributed by atoms with Crippen molar-refractivity contribution in [3.05, 3.63) is 52.6 Å². The number of methoxy groups -OCH3 is 1. The Balaban J connectivity index is 2.49. The molecule has 0 saturated heterocycles. The van der Waals surface area contributed by atoms with Crippen LogP contribution in [0.1, 0.15) is 10.4 Å². The van der Waals surface area contributed by atoms with Crippen molar-refractivity contribution < 1.29 is 9.53 Å². The van der Waals surface area contributed by atoms with Gasteiger partial charge in [-0.3, -0.25) is 4.98 Å². The fourth-order valence-electron chi connectivity index (χ4n) is 1.51. The summed E-state index contributed by atoms with van der Waals surface area (Å²) < 4.78 is 5.52. The van der Waals surface area contributed by atoms with Gasteiger partial charge in [-0.25, -0.2) is 4.79 Å². The molecule has 1 aromatic carbocycles. The molecule has 0 fully saturated rings. The van der Waals surface area contributed by atoms with Crippen LogP contribution >= 0.6 is 15.9 Å². The highest BCUT2D eigenvalue weighted by Crippen LogP contribution is 2.23. The molecule has 2 rings (SSSR count). The molecule has 0 radical (unpaired) electrons. The predicted molar refractivity (Wildman–Crippen MR) is 68.7 cm³/mol. The maximum Gasteiger partial charge on any atom is 0.337 e. The second kappa shape index (κ2) is 5.10. The third kappa shape index (κ3) is 2.71. The molecule has 0 spiro atoms. The Morgan fingerprint density at radius 1 is 1.29 bits per heavy atom. The molecule has 1 aromatic heterocycles. The van der Waals surface area contributed by atoms with Crippen molar-refractivity contribution in [2.24, 2.45) is 0 Å². The standard InChI is InChI=1S/C13H10BrNO2/c1-17-13(16)10-6-9(7-11(14)8-10)12-4-2-3-5-15-12/h2-8H,1H3.